The summed E-state index contributed by atoms with van der Waals surface area (Å²) in [4.78, 5) is 4.41. The zero-order valence-corrected chi connectivity index (χ0v) is 14.5. The third-order valence-corrected chi connectivity index (χ3v) is 4.75. The van der Waals surface area contributed by atoms with Gasteiger partial charge in [0.15, 0.2) is 5.65 Å². The molecule has 0 saturated carbocycles. The Labute approximate surface area is 145 Å². The molecule has 0 saturated heterocycles. The first kappa shape index (κ1) is 15.5. The predicted molar refractivity (Wildman–Crippen MR) is 87.4 cm³/mol. The minimum Gasteiger partial charge on any atom is -0.464 e. The van der Waals surface area contributed by atoms with Gasteiger partial charge >= 0.3 is 0 Å². The molecule has 0 fully saturated rings. The molecule has 1 atom stereocenters. The number of fused-ring (bicyclic) bond motifs is 2. The van der Waals surface area contributed by atoms with Crippen LogP contribution in [-0.2, 0) is 24.0 Å². The lowest BCUT2D eigenvalue weighted by molar-refractivity contribution is -0.0367. The normalized spacial score (nSPS) is 16.4. The van der Waals surface area contributed by atoms with Crippen LogP contribution in [0.2, 0.25) is 0 Å². The van der Waals surface area contributed by atoms with E-state index >= 15 is 0 Å². The summed E-state index contributed by atoms with van der Waals surface area (Å²) in [5, 5.41) is 7.95. The van der Waals surface area contributed by atoms with Crippen LogP contribution >= 0.6 is 15.9 Å². The van der Waals surface area contributed by atoms with Gasteiger partial charge < -0.3 is 9.47 Å². The predicted octanol–water partition coefficient (Wildman–Crippen LogP) is 2.72. The number of rotatable bonds is 4. The van der Waals surface area contributed by atoms with E-state index in [-0.39, 0.29) is 12.1 Å². The molecule has 1 unspecified atom stereocenters. The van der Waals surface area contributed by atoms with Gasteiger partial charge in [-0.2, -0.15) is 0 Å². The van der Waals surface area contributed by atoms with E-state index in [1.165, 1.54) is 6.07 Å². The second-order valence-corrected chi connectivity index (χ2v) is 6.39. The number of hydrogen-bond donors (Lipinski definition) is 0. The van der Waals surface area contributed by atoms with Gasteiger partial charge in [0.25, 0.3) is 0 Å². The zero-order valence-electron chi connectivity index (χ0n) is 12.9. The van der Waals surface area contributed by atoms with Crippen molar-refractivity contribution < 1.29 is 13.9 Å². The monoisotopic (exact) mass is 392 g/mol. The minimum atomic E-state index is -0.351. The van der Waals surface area contributed by atoms with Gasteiger partial charge in [-0.1, -0.05) is 0 Å². The molecule has 1 aromatic carbocycles. The summed E-state index contributed by atoms with van der Waals surface area (Å²) >= 11 is 3.40. The third kappa shape index (κ3) is 2.55. The second kappa shape index (κ2) is 6.10. The van der Waals surface area contributed by atoms with Gasteiger partial charge in [-0.05, 0) is 40.0 Å². The first-order valence-electron chi connectivity index (χ1n) is 7.50. The van der Waals surface area contributed by atoms with Crippen molar-refractivity contribution >= 4 is 21.6 Å². The van der Waals surface area contributed by atoms with E-state index in [0.717, 1.165) is 15.9 Å². The Hall–Kier alpha value is -2.06. The van der Waals surface area contributed by atoms with E-state index in [9.17, 15) is 4.39 Å². The molecule has 0 radical (unpaired) electrons. The van der Waals surface area contributed by atoms with Crippen molar-refractivity contribution in [1.29, 1.82) is 0 Å². The van der Waals surface area contributed by atoms with Crippen LogP contribution in [0.15, 0.2) is 29.1 Å². The molecule has 6 nitrogen and oxygen atoms in total. The Balaban J connectivity index is 1.64. The average molecular weight is 393 g/mol. The van der Waals surface area contributed by atoms with E-state index in [1.54, 1.807) is 30.1 Å². The fourth-order valence-electron chi connectivity index (χ4n) is 2.99. The maximum atomic E-state index is 14.3. The van der Waals surface area contributed by atoms with Crippen LogP contribution in [0.3, 0.4) is 0 Å². The van der Waals surface area contributed by atoms with E-state index in [2.05, 4.69) is 31.1 Å². The standard InChI is InChI=1S/C16H14BrFN4O2/c1-23-15-6-10-9(12(18)3-4-13(10)24-15)2-5-14-19-7-11(17)16-21-20-8-22(14)16/h3-4,7-8,15H,2,5-6H2,1H3. The lowest BCUT2D eigenvalue weighted by Crippen LogP contribution is -2.14. The Kier molecular flexibility index (Phi) is 3.93. The quantitative estimate of drug-likeness (QED) is 0.682. The van der Waals surface area contributed by atoms with Crippen LogP contribution in [0.4, 0.5) is 4.39 Å². The Morgan fingerprint density at radius 2 is 2.29 bits per heavy atom. The summed E-state index contributed by atoms with van der Waals surface area (Å²) < 4.78 is 27.8. The van der Waals surface area contributed by atoms with Crippen LogP contribution < -0.4 is 4.74 Å². The summed E-state index contributed by atoms with van der Waals surface area (Å²) in [6.07, 6.45) is 4.57. The molecule has 124 valence electrons. The van der Waals surface area contributed by atoms with E-state index in [1.807, 2.05) is 0 Å². The van der Waals surface area contributed by atoms with Gasteiger partial charge in [0.1, 0.15) is 23.7 Å². The summed E-state index contributed by atoms with van der Waals surface area (Å²) in [6, 6.07) is 3.10. The molecule has 8 heteroatoms. The van der Waals surface area contributed by atoms with Gasteiger partial charge in [-0.15, -0.1) is 10.2 Å². The molecule has 0 bridgehead atoms. The molecule has 3 aromatic rings. The molecule has 24 heavy (non-hydrogen) atoms. The van der Waals surface area contributed by atoms with Crippen molar-refractivity contribution in [2.75, 3.05) is 7.11 Å². The molecule has 1 aliphatic rings. The van der Waals surface area contributed by atoms with E-state index < -0.39 is 0 Å². The van der Waals surface area contributed by atoms with Crippen molar-refractivity contribution in [3.8, 4) is 5.75 Å². The van der Waals surface area contributed by atoms with E-state index in [0.29, 0.717) is 36.2 Å². The van der Waals surface area contributed by atoms with Gasteiger partial charge in [0.05, 0.1) is 4.47 Å². The van der Waals surface area contributed by atoms with Crippen molar-refractivity contribution in [2.45, 2.75) is 25.6 Å². The molecule has 1 aliphatic heterocycles. The third-order valence-electron chi connectivity index (χ3n) is 4.19. The lowest BCUT2D eigenvalue weighted by Gasteiger charge is -2.09. The van der Waals surface area contributed by atoms with E-state index in [4.69, 9.17) is 9.47 Å². The Morgan fingerprint density at radius 1 is 1.42 bits per heavy atom. The van der Waals surface area contributed by atoms with Crippen molar-refractivity contribution in [3.63, 3.8) is 0 Å². The first-order chi connectivity index (χ1) is 11.7. The number of hydrogen-bond acceptors (Lipinski definition) is 5. The number of nitrogens with zero attached hydrogens (tertiary/aromatic N) is 4. The molecular weight excluding hydrogens is 379 g/mol. The fourth-order valence-corrected chi connectivity index (χ4v) is 3.36. The highest BCUT2D eigenvalue weighted by atomic mass is 79.9. The highest BCUT2D eigenvalue weighted by Crippen LogP contribution is 2.34. The summed E-state index contributed by atoms with van der Waals surface area (Å²) in [7, 11) is 1.58. The second-order valence-electron chi connectivity index (χ2n) is 5.54. The summed E-state index contributed by atoms with van der Waals surface area (Å²) in [5.74, 6) is 1.24. The number of aryl methyl sites for hydroxylation is 1. The molecule has 0 N–H and O–H groups in total. The SMILES string of the molecule is COC1Cc2c(ccc(F)c2CCc2ncc(Br)c3nncn23)O1. The molecule has 4 rings (SSSR count). The minimum absolute atomic E-state index is 0.230. The van der Waals surface area contributed by atoms with Gasteiger partial charge in [0.2, 0.25) is 6.29 Å². The number of halogens is 2. The molecule has 2 aromatic heterocycles. The average Bonchev–Trinajstić information content (AvgIpc) is 3.22. The van der Waals surface area contributed by atoms with Crippen LogP contribution in [0.25, 0.3) is 5.65 Å². The topological polar surface area (TPSA) is 61.5 Å². The molecular formula is C16H14BrFN4O2. The van der Waals surface area contributed by atoms with Crippen molar-refractivity contribution in [2.24, 2.45) is 0 Å². The Morgan fingerprint density at radius 3 is 3.12 bits per heavy atom. The number of aromatic nitrogens is 4. The van der Waals surface area contributed by atoms with Crippen LogP contribution in [0, 0.1) is 5.82 Å². The number of methoxy groups -OCH3 is 1. The molecule has 3 heterocycles. The molecule has 0 aliphatic carbocycles. The maximum Gasteiger partial charge on any atom is 0.203 e. The summed E-state index contributed by atoms with van der Waals surface area (Å²) in [6.45, 7) is 0. The Bertz CT molecular complexity index is 914. The highest BCUT2D eigenvalue weighted by Gasteiger charge is 2.27. The van der Waals surface area contributed by atoms with Gasteiger partial charge in [-0.25, -0.2) is 9.37 Å². The first-order valence-corrected chi connectivity index (χ1v) is 8.29. The number of ether oxygens (including phenoxy) is 2. The molecule has 0 spiro atoms. The van der Waals surface area contributed by atoms with Crippen LogP contribution in [0.5, 0.6) is 5.75 Å². The number of benzene rings is 1. The zero-order chi connectivity index (χ0) is 16.7. The van der Waals surface area contributed by atoms with Crippen LogP contribution in [-0.4, -0.2) is 33.0 Å². The van der Waals surface area contributed by atoms with Crippen molar-refractivity contribution in [1.82, 2.24) is 19.6 Å². The largest absolute Gasteiger partial charge is 0.464 e. The lowest BCUT2D eigenvalue weighted by atomic mass is 9.99. The van der Waals surface area contributed by atoms with Crippen molar-refractivity contribution in [3.05, 3.63) is 51.9 Å². The molecule has 0 amide bonds. The van der Waals surface area contributed by atoms with Crippen LogP contribution in [0.1, 0.15) is 17.0 Å². The fraction of sp³-hybridized carbons (Fsp3) is 0.312. The summed E-state index contributed by atoms with van der Waals surface area (Å²) in [5.41, 5.74) is 2.22. The van der Waals surface area contributed by atoms with Gasteiger partial charge in [-0.3, -0.25) is 4.40 Å². The maximum absolute atomic E-state index is 14.3. The smallest absolute Gasteiger partial charge is 0.203 e. The highest BCUT2D eigenvalue weighted by molar-refractivity contribution is 9.10. The van der Waals surface area contributed by atoms with Gasteiger partial charge in [0, 0.05) is 31.7 Å².